The minimum Gasteiger partial charge on any atom is -0.497 e. The molecule has 6 heteroatoms. The van der Waals surface area contributed by atoms with Gasteiger partial charge in [0.25, 0.3) is 5.91 Å². The zero-order valence-electron chi connectivity index (χ0n) is 18.6. The van der Waals surface area contributed by atoms with E-state index in [4.69, 9.17) is 4.74 Å². The lowest BCUT2D eigenvalue weighted by Crippen LogP contribution is -2.61. The highest BCUT2D eigenvalue weighted by Crippen LogP contribution is 2.42. The highest BCUT2D eigenvalue weighted by molar-refractivity contribution is 6.09. The van der Waals surface area contributed by atoms with Gasteiger partial charge in [-0.1, -0.05) is 24.3 Å². The van der Waals surface area contributed by atoms with E-state index in [-0.39, 0.29) is 11.4 Å². The Hall–Kier alpha value is -3.25. The third-order valence-electron chi connectivity index (χ3n) is 6.95. The molecule has 0 unspecified atom stereocenters. The minimum atomic E-state index is -0.828. The molecule has 3 aromatic carbocycles. The lowest BCUT2D eigenvalue weighted by molar-refractivity contribution is 0.0867. The van der Waals surface area contributed by atoms with Crippen molar-refractivity contribution in [3.63, 3.8) is 0 Å². The minimum absolute atomic E-state index is 0.0241. The molecular weight excluding hydrogens is 422 g/mol. The first-order valence-electron chi connectivity index (χ1n) is 11.2. The van der Waals surface area contributed by atoms with Crippen LogP contribution in [0.25, 0.3) is 0 Å². The maximum Gasteiger partial charge on any atom is 0.259 e. The number of amides is 1. The van der Waals surface area contributed by atoms with E-state index in [0.29, 0.717) is 6.54 Å². The Morgan fingerprint density at radius 1 is 0.939 bits per heavy atom. The van der Waals surface area contributed by atoms with E-state index in [2.05, 4.69) is 4.90 Å². The fraction of sp³-hybridized carbons (Fsp3) is 0.296. The number of halogens is 2. The number of benzene rings is 3. The van der Waals surface area contributed by atoms with Crippen LogP contribution in [0.1, 0.15) is 34.3 Å². The number of anilines is 1. The van der Waals surface area contributed by atoms with Crippen molar-refractivity contribution < 1.29 is 18.3 Å². The summed E-state index contributed by atoms with van der Waals surface area (Å²) in [6, 6.07) is 19.6. The molecule has 0 radical (unpaired) electrons. The summed E-state index contributed by atoms with van der Waals surface area (Å²) in [5, 5.41) is 0. The number of carbonyl (C=O) groups excluding carboxylic acids is 1. The van der Waals surface area contributed by atoms with Crippen molar-refractivity contribution >= 4 is 11.6 Å². The lowest BCUT2D eigenvalue weighted by atomic mass is 9.75. The second kappa shape index (κ2) is 8.60. The van der Waals surface area contributed by atoms with Crippen molar-refractivity contribution in [2.45, 2.75) is 31.3 Å². The van der Waals surface area contributed by atoms with E-state index in [0.717, 1.165) is 60.5 Å². The highest BCUT2D eigenvalue weighted by Gasteiger charge is 2.47. The summed E-state index contributed by atoms with van der Waals surface area (Å²) in [5.74, 6) is -0.873. The molecule has 1 amide bonds. The number of nitrogens with zero attached hydrogens (tertiary/aromatic N) is 2. The molecule has 1 fully saturated rings. The predicted octanol–water partition coefficient (Wildman–Crippen LogP) is 5.21. The Morgan fingerprint density at radius 2 is 1.67 bits per heavy atom. The molecule has 5 rings (SSSR count). The Bertz CT molecular complexity index is 1170. The lowest BCUT2D eigenvalue weighted by Gasteiger charge is -2.51. The first-order valence-corrected chi connectivity index (χ1v) is 11.2. The van der Waals surface area contributed by atoms with Crippen LogP contribution in [0, 0.1) is 11.6 Å². The number of hydrogen-bond donors (Lipinski definition) is 0. The predicted molar refractivity (Wildman–Crippen MR) is 124 cm³/mol. The summed E-state index contributed by atoms with van der Waals surface area (Å²) >= 11 is 0. The van der Waals surface area contributed by atoms with Crippen LogP contribution in [0.4, 0.5) is 14.5 Å². The van der Waals surface area contributed by atoms with Gasteiger partial charge in [-0.3, -0.25) is 9.69 Å². The van der Waals surface area contributed by atoms with Crippen LogP contribution in [0.2, 0.25) is 0 Å². The molecule has 2 aliphatic rings. The van der Waals surface area contributed by atoms with Gasteiger partial charge >= 0.3 is 0 Å². The molecule has 0 atom stereocenters. The second-order valence-electron chi connectivity index (χ2n) is 8.92. The van der Waals surface area contributed by atoms with E-state index in [1.54, 1.807) is 13.2 Å². The second-order valence-corrected chi connectivity index (χ2v) is 8.92. The van der Waals surface area contributed by atoms with Crippen molar-refractivity contribution in [3.05, 3.63) is 95.1 Å². The molecule has 0 bridgehead atoms. The number of rotatable bonds is 4. The maximum atomic E-state index is 13.7. The number of hydrogen-bond acceptors (Lipinski definition) is 3. The normalized spacial score (nSPS) is 17.8. The van der Waals surface area contributed by atoms with Crippen LogP contribution in [-0.2, 0) is 13.0 Å². The maximum absolute atomic E-state index is 13.7. The molecule has 4 nitrogen and oxygen atoms in total. The molecule has 1 spiro atoms. The molecule has 1 saturated heterocycles. The molecule has 33 heavy (non-hydrogen) atoms. The van der Waals surface area contributed by atoms with Crippen LogP contribution < -0.4 is 9.64 Å². The third-order valence-corrected chi connectivity index (χ3v) is 6.95. The number of fused-ring (bicyclic) bond motifs is 1. The van der Waals surface area contributed by atoms with E-state index < -0.39 is 11.6 Å². The van der Waals surface area contributed by atoms with E-state index >= 15 is 0 Å². The molecular formula is C27H26F2N2O2. The zero-order valence-corrected chi connectivity index (χ0v) is 18.6. The van der Waals surface area contributed by atoms with Crippen molar-refractivity contribution in [1.29, 1.82) is 0 Å². The summed E-state index contributed by atoms with van der Waals surface area (Å²) in [5.41, 5.74) is 3.13. The first kappa shape index (κ1) is 21.6. The number of carbonyl (C=O) groups is 1. The molecule has 0 saturated carbocycles. The fourth-order valence-corrected chi connectivity index (χ4v) is 5.20. The van der Waals surface area contributed by atoms with Gasteiger partial charge in [0.2, 0.25) is 0 Å². The monoisotopic (exact) mass is 448 g/mol. The van der Waals surface area contributed by atoms with Gasteiger partial charge < -0.3 is 9.64 Å². The zero-order chi connectivity index (χ0) is 23.0. The van der Waals surface area contributed by atoms with Gasteiger partial charge in [0.05, 0.1) is 12.6 Å². The van der Waals surface area contributed by atoms with Gasteiger partial charge in [-0.15, -0.1) is 0 Å². The van der Waals surface area contributed by atoms with Gasteiger partial charge in [0, 0.05) is 30.9 Å². The number of ether oxygens (including phenoxy) is 1. The largest absolute Gasteiger partial charge is 0.497 e. The SMILES string of the molecule is COc1ccc(N2C(=O)c3ccccc3CC23CCN(Cc2ccc(F)c(F)c2)CC3)cc1. The van der Waals surface area contributed by atoms with Gasteiger partial charge in [0.15, 0.2) is 11.6 Å². The third kappa shape index (κ3) is 4.00. The molecule has 2 heterocycles. The van der Waals surface area contributed by atoms with E-state index in [1.165, 1.54) is 12.1 Å². The smallest absolute Gasteiger partial charge is 0.259 e. The van der Waals surface area contributed by atoms with Gasteiger partial charge in [-0.25, -0.2) is 8.78 Å². The van der Waals surface area contributed by atoms with Crippen molar-refractivity contribution in [2.75, 3.05) is 25.1 Å². The molecule has 0 aliphatic carbocycles. The molecule has 0 N–H and O–H groups in total. The Labute approximate surface area is 192 Å². The van der Waals surface area contributed by atoms with Crippen molar-refractivity contribution in [3.8, 4) is 5.75 Å². The van der Waals surface area contributed by atoms with Gasteiger partial charge in [0.1, 0.15) is 5.75 Å². The first-order chi connectivity index (χ1) is 16.0. The van der Waals surface area contributed by atoms with E-state index in [1.807, 2.05) is 53.4 Å². The van der Waals surface area contributed by atoms with Crippen LogP contribution in [0.15, 0.2) is 66.7 Å². The van der Waals surface area contributed by atoms with Crippen LogP contribution in [-0.4, -0.2) is 36.5 Å². The summed E-state index contributed by atoms with van der Waals surface area (Å²) in [6.07, 6.45) is 2.38. The topological polar surface area (TPSA) is 32.8 Å². The van der Waals surface area contributed by atoms with Crippen LogP contribution >= 0.6 is 0 Å². The summed E-state index contributed by atoms with van der Waals surface area (Å²) in [7, 11) is 1.63. The average molecular weight is 449 g/mol. The van der Waals surface area contributed by atoms with Crippen molar-refractivity contribution in [1.82, 2.24) is 4.90 Å². The van der Waals surface area contributed by atoms with Crippen LogP contribution in [0.3, 0.4) is 0 Å². The average Bonchev–Trinajstić information content (AvgIpc) is 2.83. The molecule has 2 aliphatic heterocycles. The van der Waals surface area contributed by atoms with Gasteiger partial charge in [-0.05, 0) is 72.9 Å². The highest BCUT2D eigenvalue weighted by atomic mass is 19.2. The van der Waals surface area contributed by atoms with Gasteiger partial charge in [-0.2, -0.15) is 0 Å². The molecule has 0 aromatic heterocycles. The summed E-state index contributed by atoms with van der Waals surface area (Å²) < 4.78 is 32.2. The number of piperidine rings is 1. The molecule has 3 aromatic rings. The quantitative estimate of drug-likeness (QED) is 0.549. The molecule has 170 valence electrons. The fourth-order valence-electron chi connectivity index (χ4n) is 5.20. The van der Waals surface area contributed by atoms with Crippen molar-refractivity contribution in [2.24, 2.45) is 0 Å². The standard InChI is InChI=1S/C27H26F2N2O2/c1-33-22-9-7-21(8-10-22)31-26(32)23-5-3-2-4-20(23)17-27(31)12-14-30(15-13-27)18-19-6-11-24(28)25(29)16-19/h2-11,16H,12-15,17-18H2,1H3. The Balaban J connectivity index is 1.43. The number of likely N-dealkylation sites (tertiary alicyclic amines) is 1. The van der Waals surface area contributed by atoms with Crippen LogP contribution in [0.5, 0.6) is 5.75 Å². The Kier molecular flexibility index (Phi) is 5.62. The van der Waals surface area contributed by atoms with E-state index in [9.17, 15) is 13.6 Å². The summed E-state index contributed by atoms with van der Waals surface area (Å²) in [4.78, 5) is 17.9. The Morgan fingerprint density at radius 3 is 2.36 bits per heavy atom. The summed E-state index contributed by atoms with van der Waals surface area (Å²) in [6.45, 7) is 2.09. The number of methoxy groups -OCH3 is 1.